The van der Waals surface area contributed by atoms with Crippen LogP contribution in [0.15, 0.2) is 42.5 Å². The third kappa shape index (κ3) is 3.34. The van der Waals surface area contributed by atoms with Gasteiger partial charge in [-0.1, -0.05) is 23.2 Å². The van der Waals surface area contributed by atoms with Gasteiger partial charge in [-0.3, -0.25) is 4.79 Å². The average Bonchev–Trinajstić information content (AvgIpc) is 2.67. The standard InChI is InChI=1S/C16H10Cl2N2O4/c17-9-1-4-11(5-2-9)19-16(23)20-8-14(21)24-13-6-3-10(18)7-12(13)15(20)22/h1-7H,8H2,(H,19,23). The molecule has 0 unspecified atom stereocenters. The minimum atomic E-state index is -0.757. The topological polar surface area (TPSA) is 75.7 Å². The highest BCUT2D eigenvalue weighted by molar-refractivity contribution is 6.31. The van der Waals surface area contributed by atoms with E-state index in [-0.39, 0.29) is 16.3 Å². The summed E-state index contributed by atoms with van der Waals surface area (Å²) >= 11 is 11.7. The van der Waals surface area contributed by atoms with Crippen LogP contribution in [0.25, 0.3) is 0 Å². The summed E-state index contributed by atoms with van der Waals surface area (Å²) in [5, 5.41) is 3.33. The molecule has 1 aliphatic rings. The number of carbonyl (C=O) groups is 3. The van der Waals surface area contributed by atoms with Crippen molar-refractivity contribution < 1.29 is 19.1 Å². The first-order valence-electron chi connectivity index (χ1n) is 6.82. The zero-order valence-electron chi connectivity index (χ0n) is 12.1. The molecule has 0 saturated carbocycles. The Kier molecular flexibility index (Phi) is 4.42. The molecule has 1 aliphatic heterocycles. The number of urea groups is 1. The SMILES string of the molecule is O=C1CN(C(=O)Nc2ccc(Cl)cc2)C(=O)c2cc(Cl)ccc2O1. The van der Waals surface area contributed by atoms with E-state index < -0.39 is 24.5 Å². The number of fused-ring (bicyclic) bond motifs is 1. The molecule has 0 aromatic heterocycles. The first kappa shape index (κ1) is 16.3. The van der Waals surface area contributed by atoms with Crippen LogP contribution >= 0.6 is 23.2 Å². The summed E-state index contributed by atoms with van der Waals surface area (Å²) in [5.74, 6) is -1.34. The number of anilines is 1. The Morgan fingerprint density at radius 1 is 1.04 bits per heavy atom. The van der Waals surface area contributed by atoms with Crippen LogP contribution in [-0.2, 0) is 4.79 Å². The molecule has 6 nitrogen and oxygen atoms in total. The lowest BCUT2D eigenvalue weighted by molar-refractivity contribution is -0.134. The Balaban J connectivity index is 1.89. The van der Waals surface area contributed by atoms with Gasteiger partial charge in [0.1, 0.15) is 12.3 Å². The fourth-order valence-corrected chi connectivity index (χ4v) is 2.45. The Morgan fingerprint density at radius 3 is 2.42 bits per heavy atom. The minimum absolute atomic E-state index is 0.0413. The number of carbonyl (C=O) groups excluding carboxylic acids is 3. The summed E-state index contributed by atoms with van der Waals surface area (Å²) < 4.78 is 5.07. The average molecular weight is 365 g/mol. The largest absolute Gasteiger partial charge is 0.424 e. The Hall–Kier alpha value is -2.57. The van der Waals surface area contributed by atoms with Crippen molar-refractivity contribution in [1.82, 2.24) is 4.90 Å². The van der Waals surface area contributed by atoms with Gasteiger partial charge < -0.3 is 10.1 Å². The zero-order valence-corrected chi connectivity index (χ0v) is 13.6. The Bertz CT molecular complexity index is 836. The van der Waals surface area contributed by atoms with Crippen LogP contribution in [0.5, 0.6) is 5.75 Å². The van der Waals surface area contributed by atoms with Crippen LogP contribution < -0.4 is 10.1 Å². The third-order valence-electron chi connectivity index (χ3n) is 3.27. The van der Waals surface area contributed by atoms with Gasteiger partial charge in [0.15, 0.2) is 0 Å². The minimum Gasteiger partial charge on any atom is -0.424 e. The number of nitrogens with zero attached hydrogens (tertiary/aromatic N) is 1. The van der Waals surface area contributed by atoms with E-state index in [1.54, 1.807) is 24.3 Å². The molecule has 24 heavy (non-hydrogen) atoms. The number of esters is 1. The molecular weight excluding hydrogens is 355 g/mol. The molecule has 8 heteroatoms. The number of hydrogen-bond donors (Lipinski definition) is 1. The highest BCUT2D eigenvalue weighted by Crippen LogP contribution is 2.27. The van der Waals surface area contributed by atoms with Gasteiger partial charge >= 0.3 is 12.0 Å². The quantitative estimate of drug-likeness (QED) is 0.619. The van der Waals surface area contributed by atoms with E-state index in [1.165, 1.54) is 18.2 Å². The summed E-state index contributed by atoms with van der Waals surface area (Å²) in [6.07, 6.45) is 0. The van der Waals surface area contributed by atoms with Crippen LogP contribution in [0.2, 0.25) is 10.0 Å². The molecule has 0 fully saturated rings. The predicted octanol–water partition coefficient (Wildman–Crippen LogP) is 3.59. The van der Waals surface area contributed by atoms with Crippen molar-refractivity contribution in [3.63, 3.8) is 0 Å². The van der Waals surface area contributed by atoms with E-state index in [1.807, 2.05) is 0 Å². The van der Waals surface area contributed by atoms with Gasteiger partial charge in [-0.05, 0) is 42.5 Å². The van der Waals surface area contributed by atoms with E-state index >= 15 is 0 Å². The summed E-state index contributed by atoms with van der Waals surface area (Å²) in [4.78, 5) is 37.6. The van der Waals surface area contributed by atoms with E-state index in [0.717, 1.165) is 4.90 Å². The van der Waals surface area contributed by atoms with Crippen molar-refractivity contribution in [3.05, 3.63) is 58.1 Å². The molecule has 0 spiro atoms. The van der Waals surface area contributed by atoms with Gasteiger partial charge in [0.2, 0.25) is 0 Å². The van der Waals surface area contributed by atoms with Crippen molar-refractivity contribution in [2.45, 2.75) is 0 Å². The van der Waals surface area contributed by atoms with Gasteiger partial charge in [-0.15, -0.1) is 0 Å². The number of imide groups is 1. The molecule has 0 atom stereocenters. The molecule has 0 bridgehead atoms. The normalized spacial score (nSPS) is 13.8. The summed E-state index contributed by atoms with van der Waals surface area (Å²) in [6, 6.07) is 9.82. The van der Waals surface area contributed by atoms with Gasteiger partial charge in [0.05, 0.1) is 5.56 Å². The monoisotopic (exact) mass is 364 g/mol. The second kappa shape index (κ2) is 6.51. The molecule has 2 aromatic carbocycles. The number of hydrogen-bond acceptors (Lipinski definition) is 4. The molecule has 1 heterocycles. The second-order valence-corrected chi connectivity index (χ2v) is 5.82. The van der Waals surface area contributed by atoms with Crippen molar-refractivity contribution in [2.75, 3.05) is 11.9 Å². The predicted molar refractivity (Wildman–Crippen MR) is 88.6 cm³/mol. The maximum absolute atomic E-state index is 12.6. The molecule has 1 N–H and O–H groups in total. The Morgan fingerprint density at radius 2 is 1.71 bits per heavy atom. The molecule has 0 aliphatic carbocycles. The van der Waals surface area contributed by atoms with E-state index in [0.29, 0.717) is 10.7 Å². The number of benzene rings is 2. The van der Waals surface area contributed by atoms with Gasteiger partial charge in [0.25, 0.3) is 5.91 Å². The second-order valence-electron chi connectivity index (χ2n) is 4.94. The van der Waals surface area contributed by atoms with Crippen LogP contribution in [0.4, 0.5) is 10.5 Å². The summed E-state index contributed by atoms with van der Waals surface area (Å²) in [6.45, 7) is -0.509. The number of nitrogens with one attached hydrogen (secondary N) is 1. The van der Waals surface area contributed by atoms with Gasteiger partial charge in [0, 0.05) is 15.7 Å². The highest BCUT2D eigenvalue weighted by Gasteiger charge is 2.32. The number of ether oxygens (including phenoxy) is 1. The summed E-state index contributed by atoms with van der Waals surface area (Å²) in [5.41, 5.74) is 0.473. The zero-order chi connectivity index (χ0) is 17.3. The first-order chi connectivity index (χ1) is 11.4. The molecule has 3 amide bonds. The maximum Gasteiger partial charge on any atom is 0.331 e. The number of amides is 3. The van der Waals surface area contributed by atoms with E-state index in [2.05, 4.69) is 5.32 Å². The third-order valence-corrected chi connectivity index (χ3v) is 3.76. The molecule has 0 saturated heterocycles. The maximum atomic E-state index is 12.6. The molecule has 122 valence electrons. The molecule has 2 aromatic rings. The smallest absolute Gasteiger partial charge is 0.331 e. The Labute approximate surface area is 146 Å². The fourth-order valence-electron chi connectivity index (χ4n) is 2.15. The number of halogens is 2. The van der Waals surface area contributed by atoms with Crippen LogP contribution in [0.3, 0.4) is 0 Å². The van der Waals surface area contributed by atoms with Crippen molar-refractivity contribution in [3.8, 4) is 5.75 Å². The number of rotatable bonds is 1. The fraction of sp³-hybridized carbons (Fsp3) is 0.0625. The van der Waals surface area contributed by atoms with E-state index in [4.69, 9.17) is 27.9 Å². The lowest BCUT2D eigenvalue weighted by atomic mass is 10.2. The lowest BCUT2D eigenvalue weighted by Gasteiger charge is -2.17. The van der Waals surface area contributed by atoms with Crippen molar-refractivity contribution in [1.29, 1.82) is 0 Å². The first-order valence-corrected chi connectivity index (χ1v) is 7.58. The highest BCUT2D eigenvalue weighted by atomic mass is 35.5. The van der Waals surface area contributed by atoms with Gasteiger partial charge in [-0.2, -0.15) is 0 Å². The summed E-state index contributed by atoms with van der Waals surface area (Å²) in [7, 11) is 0. The van der Waals surface area contributed by atoms with Crippen LogP contribution in [-0.4, -0.2) is 29.4 Å². The molecule has 3 rings (SSSR count). The van der Waals surface area contributed by atoms with Crippen molar-refractivity contribution >= 4 is 46.8 Å². The van der Waals surface area contributed by atoms with E-state index in [9.17, 15) is 14.4 Å². The van der Waals surface area contributed by atoms with Crippen LogP contribution in [0.1, 0.15) is 10.4 Å². The molecule has 0 radical (unpaired) electrons. The van der Waals surface area contributed by atoms with Crippen molar-refractivity contribution in [2.24, 2.45) is 0 Å². The van der Waals surface area contributed by atoms with Crippen LogP contribution in [0, 0.1) is 0 Å². The molecular formula is C16H10Cl2N2O4. The van der Waals surface area contributed by atoms with Gasteiger partial charge in [-0.25, -0.2) is 14.5 Å². The lowest BCUT2D eigenvalue weighted by Crippen LogP contribution is -2.42.